The predicted molar refractivity (Wildman–Crippen MR) is 57.0 cm³/mol. The highest BCUT2D eigenvalue weighted by Gasteiger charge is 1.98. The summed E-state index contributed by atoms with van der Waals surface area (Å²) >= 11 is 3.43. The lowest BCUT2D eigenvalue weighted by atomic mass is 10.1. The van der Waals surface area contributed by atoms with Crippen molar-refractivity contribution in [2.45, 2.75) is 6.92 Å². The highest BCUT2D eigenvalue weighted by molar-refractivity contribution is 9.10. The van der Waals surface area contributed by atoms with Gasteiger partial charge in [0.1, 0.15) is 0 Å². The maximum absolute atomic E-state index is 5.49. The summed E-state index contributed by atoms with van der Waals surface area (Å²) in [6.07, 6.45) is 0. The lowest BCUT2D eigenvalue weighted by Gasteiger charge is -2.04. The number of aryl methyl sites for hydroxylation is 1. The Morgan fingerprint density at radius 2 is 2.17 bits per heavy atom. The highest BCUT2D eigenvalue weighted by Crippen LogP contribution is 2.19. The molecule has 1 nitrogen and oxygen atoms in total. The molecule has 0 atom stereocenters. The average molecular weight is 226 g/mol. The molecule has 64 valence electrons. The van der Waals surface area contributed by atoms with E-state index in [1.807, 2.05) is 6.07 Å². The van der Waals surface area contributed by atoms with Crippen molar-refractivity contribution in [2.75, 3.05) is 6.54 Å². The molecule has 0 saturated carbocycles. The minimum Gasteiger partial charge on any atom is -0.326 e. The summed E-state index contributed by atoms with van der Waals surface area (Å²) in [5.74, 6) is 0. The van der Waals surface area contributed by atoms with Gasteiger partial charge in [0, 0.05) is 11.0 Å². The molecule has 0 amide bonds. The first kappa shape index (κ1) is 9.49. The van der Waals surface area contributed by atoms with Crippen LogP contribution in [0.15, 0.2) is 29.3 Å². The van der Waals surface area contributed by atoms with Crippen LogP contribution in [-0.4, -0.2) is 6.54 Å². The van der Waals surface area contributed by atoms with E-state index in [-0.39, 0.29) is 0 Å². The zero-order chi connectivity index (χ0) is 9.14. The SMILES string of the molecule is C=C(CN)c1cc(C)cc(Br)c1. The van der Waals surface area contributed by atoms with Gasteiger partial charge >= 0.3 is 0 Å². The number of hydrogen-bond acceptors (Lipinski definition) is 1. The Kier molecular flexibility index (Phi) is 3.06. The van der Waals surface area contributed by atoms with E-state index in [1.54, 1.807) is 0 Å². The van der Waals surface area contributed by atoms with Crippen molar-refractivity contribution in [3.8, 4) is 0 Å². The number of halogens is 1. The molecule has 0 aliphatic heterocycles. The summed E-state index contributed by atoms with van der Waals surface area (Å²) in [5, 5.41) is 0. The second-order valence-electron chi connectivity index (χ2n) is 2.82. The van der Waals surface area contributed by atoms with Gasteiger partial charge in [-0.2, -0.15) is 0 Å². The molecule has 0 bridgehead atoms. The molecule has 12 heavy (non-hydrogen) atoms. The summed E-state index contributed by atoms with van der Waals surface area (Å²) in [4.78, 5) is 0. The molecule has 0 aliphatic rings. The van der Waals surface area contributed by atoms with Gasteiger partial charge in [0.25, 0.3) is 0 Å². The maximum Gasteiger partial charge on any atom is 0.0183 e. The molecule has 1 aromatic carbocycles. The second kappa shape index (κ2) is 3.87. The number of benzene rings is 1. The van der Waals surface area contributed by atoms with Crippen LogP contribution in [0.2, 0.25) is 0 Å². The predicted octanol–water partition coefficient (Wildman–Crippen LogP) is 2.73. The number of rotatable bonds is 2. The number of nitrogens with two attached hydrogens (primary N) is 1. The molecule has 0 saturated heterocycles. The van der Waals surface area contributed by atoms with E-state index in [1.165, 1.54) is 5.56 Å². The van der Waals surface area contributed by atoms with Crippen molar-refractivity contribution in [3.63, 3.8) is 0 Å². The van der Waals surface area contributed by atoms with Gasteiger partial charge in [-0.05, 0) is 35.8 Å². The standard InChI is InChI=1S/C10H12BrN/c1-7-3-9(8(2)6-12)5-10(11)4-7/h3-5H,2,6,12H2,1H3. The largest absolute Gasteiger partial charge is 0.326 e. The Morgan fingerprint density at radius 3 is 2.67 bits per heavy atom. The van der Waals surface area contributed by atoms with Crippen LogP contribution in [0.1, 0.15) is 11.1 Å². The van der Waals surface area contributed by atoms with Crippen LogP contribution in [0.4, 0.5) is 0 Å². The van der Waals surface area contributed by atoms with Gasteiger partial charge in [-0.25, -0.2) is 0 Å². The first-order chi connectivity index (χ1) is 5.63. The van der Waals surface area contributed by atoms with E-state index in [0.717, 1.165) is 15.6 Å². The Morgan fingerprint density at radius 1 is 1.50 bits per heavy atom. The molecular weight excluding hydrogens is 214 g/mol. The minimum absolute atomic E-state index is 0.510. The third-order valence-electron chi connectivity index (χ3n) is 1.70. The molecule has 2 heteroatoms. The quantitative estimate of drug-likeness (QED) is 0.824. The van der Waals surface area contributed by atoms with Crippen molar-refractivity contribution in [1.82, 2.24) is 0 Å². The molecule has 1 rings (SSSR count). The van der Waals surface area contributed by atoms with Gasteiger partial charge in [0.15, 0.2) is 0 Å². The number of hydrogen-bond donors (Lipinski definition) is 1. The Bertz CT molecular complexity index is 284. The molecule has 0 unspecified atom stereocenters. The van der Waals surface area contributed by atoms with Gasteiger partial charge in [0.2, 0.25) is 0 Å². The monoisotopic (exact) mass is 225 g/mol. The first-order valence-corrected chi connectivity index (χ1v) is 4.58. The maximum atomic E-state index is 5.49. The fourth-order valence-corrected chi connectivity index (χ4v) is 1.67. The normalized spacial score (nSPS) is 9.92. The van der Waals surface area contributed by atoms with Crippen LogP contribution in [-0.2, 0) is 0 Å². The fraction of sp³-hybridized carbons (Fsp3) is 0.200. The van der Waals surface area contributed by atoms with E-state index >= 15 is 0 Å². The van der Waals surface area contributed by atoms with Crippen molar-refractivity contribution < 1.29 is 0 Å². The molecule has 0 aromatic heterocycles. The van der Waals surface area contributed by atoms with E-state index < -0.39 is 0 Å². The summed E-state index contributed by atoms with van der Waals surface area (Å²) in [6.45, 7) is 6.44. The lowest BCUT2D eigenvalue weighted by molar-refractivity contribution is 1.26. The third kappa shape index (κ3) is 2.19. The summed E-state index contributed by atoms with van der Waals surface area (Å²) in [6, 6.07) is 6.18. The third-order valence-corrected chi connectivity index (χ3v) is 2.15. The van der Waals surface area contributed by atoms with E-state index in [0.29, 0.717) is 6.54 Å². The van der Waals surface area contributed by atoms with Gasteiger partial charge in [-0.15, -0.1) is 0 Å². The fourth-order valence-electron chi connectivity index (χ4n) is 1.06. The van der Waals surface area contributed by atoms with E-state index in [4.69, 9.17) is 5.73 Å². The Labute approximate surface area is 81.4 Å². The Balaban J connectivity index is 3.08. The minimum atomic E-state index is 0.510. The zero-order valence-corrected chi connectivity index (χ0v) is 8.69. The molecule has 1 aromatic rings. The topological polar surface area (TPSA) is 26.0 Å². The summed E-state index contributed by atoms with van der Waals surface area (Å²) < 4.78 is 1.08. The molecular formula is C10H12BrN. The van der Waals surface area contributed by atoms with Crippen molar-refractivity contribution in [3.05, 3.63) is 40.4 Å². The summed E-state index contributed by atoms with van der Waals surface area (Å²) in [7, 11) is 0. The van der Waals surface area contributed by atoms with Crippen LogP contribution in [0, 0.1) is 6.92 Å². The Hall–Kier alpha value is -0.600. The first-order valence-electron chi connectivity index (χ1n) is 3.79. The van der Waals surface area contributed by atoms with Crippen LogP contribution in [0.3, 0.4) is 0 Å². The van der Waals surface area contributed by atoms with Crippen LogP contribution in [0.25, 0.3) is 5.57 Å². The molecule has 0 heterocycles. The molecule has 0 aliphatic carbocycles. The van der Waals surface area contributed by atoms with Gasteiger partial charge in [-0.1, -0.05) is 28.6 Å². The smallest absolute Gasteiger partial charge is 0.0183 e. The van der Waals surface area contributed by atoms with Gasteiger partial charge in [0.05, 0.1) is 0 Å². The van der Waals surface area contributed by atoms with Crippen molar-refractivity contribution >= 4 is 21.5 Å². The highest BCUT2D eigenvalue weighted by atomic mass is 79.9. The van der Waals surface area contributed by atoms with Gasteiger partial charge < -0.3 is 5.73 Å². The zero-order valence-electron chi connectivity index (χ0n) is 7.10. The van der Waals surface area contributed by atoms with Crippen molar-refractivity contribution in [2.24, 2.45) is 5.73 Å². The van der Waals surface area contributed by atoms with Crippen LogP contribution in [0.5, 0.6) is 0 Å². The molecule has 0 spiro atoms. The van der Waals surface area contributed by atoms with Crippen LogP contribution < -0.4 is 5.73 Å². The molecule has 0 radical (unpaired) electrons. The van der Waals surface area contributed by atoms with Crippen molar-refractivity contribution in [1.29, 1.82) is 0 Å². The average Bonchev–Trinajstić information content (AvgIpc) is 2.01. The van der Waals surface area contributed by atoms with Gasteiger partial charge in [-0.3, -0.25) is 0 Å². The molecule has 2 N–H and O–H groups in total. The summed E-state index contributed by atoms with van der Waals surface area (Å²) in [5.41, 5.74) is 8.79. The molecule has 0 fully saturated rings. The van der Waals surface area contributed by atoms with E-state index in [9.17, 15) is 0 Å². The second-order valence-corrected chi connectivity index (χ2v) is 3.74. The lowest BCUT2D eigenvalue weighted by Crippen LogP contribution is -2.01. The van der Waals surface area contributed by atoms with E-state index in [2.05, 4.69) is 41.6 Å². The van der Waals surface area contributed by atoms with Crippen LogP contribution >= 0.6 is 15.9 Å².